The fourth-order valence-corrected chi connectivity index (χ4v) is 4.82. The summed E-state index contributed by atoms with van der Waals surface area (Å²) in [6, 6.07) is 5.84. The molecule has 3 aromatic rings. The average Bonchev–Trinajstić information content (AvgIpc) is 3.36. The van der Waals surface area contributed by atoms with Gasteiger partial charge in [-0.25, -0.2) is 0 Å². The number of carbonyl (C=O) groups excluding carboxylic acids is 1. The van der Waals surface area contributed by atoms with Gasteiger partial charge in [-0.3, -0.25) is 10.1 Å². The molecule has 0 aromatic carbocycles. The molecule has 124 valence electrons. The van der Waals surface area contributed by atoms with Gasteiger partial charge in [-0.2, -0.15) is 0 Å². The molecule has 3 aromatic heterocycles. The highest BCUT2D eigenvalue weighted by Gasteiger charge is 2.21. The standard InChI is InChI=1S/C17H18N4OS2/c22-15(14-13(8-11-23-14)21-9-4-5-10-21)18-17-20-19-16(24-17)12-6-2-1-3-7-12/h4-5,8-12H,1-3,6-7H2,(H,18,20,22). The number of amides is 1. The van der Waals surface area contributed by atoms with E-state index in [0.29, 0.717) is 15.9 Å². The lowest BCUT2D eigenvalue weighted by Gasteiger charge is -2.18. The van der Waals surface area contributed by atoms with Crippen LogP contribution in [0.25, 0.3) is 5.69 Å². The van der Waals surface area contributed by atoms with Gasteiger partial charge in [-0.1, -0.05) is 30.6 Å². The molecule has 1 N–H and O–H groups in total. The van der Waals surface area contributed by atoms with Gasteiger partial charge in [0.05, 0.1) is 5.69 Å². The second kappa shape index (κ2) is 6.86. The highest BCUT2D eigenvalue weighted by Crippen LogP contribution is 2.35. The third-order valence-corrected chi connectivity index (χ3v) is 6.25. The van der Waals surface area contributed by atoms with E-state index < -0.39 is 0 Å². The van der Waals surface area contributed by atoms with Gasteiger partial charge >= 0.3 is 0 Å². The number of carbonyl (C=O) groups is 1. The number of hydrogen-bond acceptors (Lipinski definition) is 5. The van der Waals surface area contributed by atoms with Crippen LogP contribution in [0.5, 0.6) is 0 Å². The largest absolute Gasteiger partial charge is 0.322 e. The summed E-state index contributed by atoms with van der Waals surface area (Å²) in [5.41, 5.74) is 0.888. The molecule has 1 amide bonds. The SMILES string of the molecule is O=C(Nc1nnc(C2CCCCC2)s1)c1sccc1-n1cccc1. The fourth-order valence-electron chi connectivity index (χ4n) is 3.12. The zero-order valence-electron chi connectivity index (χ0n) is 13.1. The van der Waals surface area contributed by atoms with Crippen LogP contribution >= 0.6 is 22.7 Å². The average molecular weight is 358 g/mol. The molecular formula is C17H18N4OS2. The van der Waals surface area contributed by atoms with Crippen LogP contribution in [0.4, 0.5) is 5.13 Å². The van der Waals surface area contributed by atoms with Gasteiger partial charge in [0.2, 0.25) is 5.13 Å². The number of rotatable bonds is 4. The van der Waals surface area contributed by atoms with E-state index in [4.69, 9.17) is 0 Å². The second-order valence-corrected chi connectivity index (χ2v) is 7.89. The van der Waals surface area contributed by atoms with Crippen molar-refractivity contribution >= 4 is 33.7 Å². The van der Waals surface area contributed by atoms with Gasteiger partial charge in [-0.05, 0) is 36.4 Å². The summed E-state index contributed by atoms with van der Waals surface area (Å²) in [4.78, 5) is 13.3. The molecule has 0 bridgehead atoms. The van der Waals surface area contributed by atoms with Crippen LogP contribution in [-0.2, 0) is 0 Å². The van der Waals surface area contributed by atoms with Crippen molar-refractivity contribution in [3.8, 4) is 5.69 Å². The first kappa shape index (κ1) is 15.5. The molecule has 4 rings (SSSR count). The zero-order chi connectivity index (χ0) is 16.4. The maximum absolute atomic E-state index is 12.6. The van der Waals surface area contributed by atoms with Gasteiger partial charge in [-0.15, -0.1) is 21.5 Å². The van der Waals surface area contributed by atoms with Crippen LogP contribution in [0.15, 0.2) is 36.0 Å². The van der Waals surface area contributed by atoms with Gasteiger partial charge < -0.3 is 4.57 Å². The van der Waals surface area contributed by atoms with Gasteiger partial charge in [0.1, 0.15) is 9.88 Å². The second-order valence-electron chi connectivity index (χ2n) is 5.96. The van der Waals surface area contributed by atoms with Crippen LogP contribution < -0.4 is 5.32 Å². The Morgan fingerprint density at radius 1 is 1.17 bits per heavy atom. The van der Waals surface area contributed by atoms with E-state index in [0.717, 1.165) is 10.7 Å². The molecule has 0 aliphatic heterocycles. The van der Waals surface area contributed by atoms with Crippen molar-refractivity contribution in [3.05, 3.63) is 45.9 Å². The predicted molar refractivity (Wildman–Crippen MR) is 97.3 cm³/mol. The first-order valence-electron chi connectivity index (χ1n) is 8.17. The molecule has 1 saturated carbocycles. The number of anilines is 1. The molecule has 3 heterocycles. The lowest BCUT2D eigenvalue weighted by atomic mass is 9.90. The van der Waals surface area contributed by atoms with Crippen molar-refractivity contribution in [2.24, 2.45) is 0 Å². The zero-order valence-corrected chi connectivity index (χ0v) is 14.8. The van der Waals surface area contributed by atoms with Crippen molar-refractivity contribution in [1.29, 1.82) is 0 Å². The topological polar surface area (TPSA) is 59.8 Å². The molecular weight excluding hydrogens is 340 g/mol. The molecule has 0 saturated heterocycles. The summed E-state index contributed by atoms with van der Waals surface area (Å²) < 4.78 is 1.94. The molecule has 24 heavy (non-hydrogen) atoms. The minimum atomic E-state index is -0.125. The van der Waals surface area contributed by atoms with Crippen LogP contribution in [-0.4, -0.2) is 20.7 Å². The van der Waals surface area contributed by atoms with Crippen LogP contribution in [0.1, 0.15) is 52.7 Å². The first-order chi connectivity index (χ1) is 11.8. The molecule has 0 radical (unpaired) electrons. The Bertz CT molecular complexity index is 815. The monoisotopic (exact) mass is 358 g/mol. The molecule has 0 unspecified atom stereocenters. The van der Waals surface area contributed by atoms with E-state index in [9.17, 15) is 4.79 Å². The minimum Gasteiger partial charge on any atom is -0.322 e. The van der Waals surface area contributed by atoms with E-state index in [1.807, 2.05) is 40.5 Å². The number of hydrogen-bond donors (Lipinski definition) is 1. The highest BCUT2D eigenvalue weighted by molar-refractivity contribution is 7.16. The van der Waals surface area contributed by atoms with E-state index in [2.05, 4.69) is 15.5 Å². The van der Waals surface area contributed by atoms with Crippen LogP contribution in [0, 0.1) is 0 Å². The number of nitrogens with one attached hydrogen (secondary N) is 1. The fraction of sp³-hybridized carbons (Fsp3) is 0.353. The van der Waals surface area contributed by atoms with Crippen molar-refractivity contribution in [2.75, 3.05) is 5.32 Å². The Morgan fingerprint density at radius 3 is 2.75 bits per heavy atom. The molecule has 5 nitrogen and oxygen atoms in total. The van der Waals surface area contributed by atoms with Gasteiger partial charge in [0, 0.05) is 18.3 Å². The maximum Gasteiger partial charge on any atom is 0.269 e. The smallest absolute Gasteiger partial charge is 0.269 e. The maximum atomic E-state index is 12.6. The summed E-state index contributed by atoms with van der Waals surface area (Å²) in [7, 11) is 0. The Morgan fingerprint density at radius 2 is 1.96 bits per heavy atom. The Labute approximate surface area is 148 Å². The summed E-state index contributed by atoms with van der Waals surface area (Å²) in [6.45, 7) is 0. The predicted octanol–water partition coefficient (Wildman–Crippen LogP) is 4.69. The van der Waals surface area contributed by atoms with Gasteiger partial charge in [0.25, 0.3) is 5.91 Å². The summed E-state index contributed by atoms with van der Waals surface area (Å²) in [6.07, 6.45) is 10.1. The lowest BCUT2D eigenvalue weighted by Crippen LogP contribution is -2.12. The molecule has 1 aliphatic carbocycles. The molecule has 7 heteroatoms. The third kappa shape index (κ3) is 3.14. The summed E-state index contributed by atoms with van der Waals surface area (Å²) in [5.74, 6) is 0.388. The van der Waals surface area contributed by atoms with E-state index in [1.54, 1.807) is 0 Å². The molecule has 0 atom stereocenters. The van der Waals surface area contributed by atoms with Crippen molar-refractivity contribution < 1.29 is 4.79 Å². The lowest BCUT2D eigenvalue weighted by molar-refractivity contribution is 0.103. The van der Waals surface area contributed by atoms with Crippen molar-refractivity contribution in [2.45, 2.75) is 38.0 Å². The number of nitrogens with zero attached hydrogens (tertiary/aromatic N) is 3. The Hall–Kier alpha value is -1.99. The van der Waals surface area contributed by atoms with Crippen molar-refractivity contribution in [3.63, 3.8) is 0 Å². The minimum absolute atomic E-state index is 0.125. The normalized spacial score (nSPS) is 15.5. The van der Waals surface area contributed by atoms with Crippen molar-refractivity contribution in [1.82, 2.24) is 14.8 Å². The van der Waals surface area contributed by atoms with E-state index >= 15 is 0 Å². The molecule has 1 fully saturated rings. The number of thiophene rings is 1. The highest BCUT2D eigenvalue weighted by atomic mass is 32.1. The quantitative estimate of drug-likeness (QED) is 0.736. The number of aromatic nitrogens is 3. The Kier molecular flexibility index (Phi) is 4.44. The molecule has 0 spiro atoms. The summed E-state index contributed by atoms with van der Waals surface area (Å²) >= 11 is 2.95. The molecule has 1 aliphatic rings. The summed E-state index contributed by atoms with van der Waals surface area (Å²) in [5, 5.41) is 15.0. The third-order valence-electron chi connectivity index (χ3n) is 4.35. The van der Waals surface area contributed by atoms with Gasteiger partial charge in [0.15, 0.2) is 0 Å². The Balaban J connectivity index is 1.49. The van der Waals surface area contributed by atoms with E-state index in [-0.39, 0.29) is 5.91 Å². The first-order valence-corrected chi connectivity index (χ1v) is 9.86. The van der Waals surface area contributed by atoms with E-state index in [1.165, 1.54) is 54.8 Å². The van der Waals surface area contributed by atoms with Crippen LogP contribution in [0.3, 0.4) is 0 Å². The van der Waals surface area contributed by atoms with Crippen LogP contribution in [0.2, 0.25) is 0 Å².